The zero-order valence-corrected chi connectivity index (χ0v) is 13.4. The first-order valence-corrected chi connectivity index (χ1v) is 7.23. The number of benzene rings is 1. The number of carbonyl (C=O) groups is 1. The summed E-state index contributed by atoms with van der Waals surface area (Å²) < 4.78 is 10.9. The fourth-order valence-corrected chi connectivity index (χ4v) is 2.18. The van der Waals surface area contributed by atoms with Gasteiger partial charge in [-0.3, -0.25) is 4.98 Å². The van der Waals surface area contributed by atoms with Crippen LogP contribution in [0.1, 0.15) is 19.4 Å². The predicted molar refractivity (Wildman–Crippen MR) is 88.7 cm³/mol. The Balaban J connectivity index is 2.52. The SMILES string of the molecule is CCOc1cc(-c2cnccc2C=C(C)C(=O)O)ccc1OC. The first-order chi connectivity index (χ1) is 11.1. The van der Waals surface area contributed by atoms with Gasteiger partial charge in [0.25, 0.3) is 0 Å². The van der Waals surface area contributed by atoms with E-state index in [1.54, 1.807) is 38.6 Å². The first-order valence-electron chi connectivity index (χ1n) is 7.23. The van der Waals surface area contributed by atoms with Crippen LogP contribution in [0, 0.1) is 0 Å². The molecule has 0 fully saturated rings. The van der Waals surface area contributed by atoms with Crippen molar-refractivity contribution in [2.45, 2.75) is 13.8 Å². The van der Waals surface area contributed by atoms with Gasteiger partial charge in [-0.05, 0) is 49.2 Å². The van der Waals surface area contributed by atoms with Crippen LogP contribution in [0.2, 0.25) is 0 Å². The second kappa shape index (κ2) is 7.45. The van der Waals surface area contributed by atoms with Crippen molar-refractivity contribution in [1.82, 2.24) is 4.98 Å². The summed E-state index contributed by atoms with van der Waals surface area (Å²) in [6, 6.07) is 7.37. The maximum Gasteiger partial charge on any atom is 0.331 e. The smallest absolute Gasteiger partial charge is 0.331 e. The summed E-state index contributed by atoms with van der Waals surface area (Å²) in [4.78, 5) is 15.2. The summed E-state index contributed by atoms with van der Waals surface area (Å²) >= 11 is 0. The molecule has 1 aromatic heterocycles. The summed E-state index contributed by atoms with van der Waals surface area (Å²) in [7, 11) is 1.59. The summed E-state index contributed by atoms with van der Waals surface area (Å²) in [5, 5.41) is 9.07. The third kappa shape index (κ3) is 3.88. The largest absolute Gasteiger partial charge is 0.493 e. The van der Waals surface area contributed by atoms with Crippen LogP contribution >= 0.6 is 0 Å². The molecule has 5 nitrogen and oxygen atoms in total. The maximum atomic E-state index is 11.1. The van der Waals surface area contributed by atoms with E-state index in [9.17, 15) is 4.79 Å². The second-order valence-corrected chi connectivity index (χ2v) is 4.89. The molecule has 0 saturated carbocycles. The molecule has 0 radical (unpaired) electrons. The molecule has 0 aliphatic rings. The summed E-state index contributed by atoms with van der Waals surface area (Å²) in [5.74, 6) is 0.344. The van der Waals surface area contributed by atoms with Crippen molar-refractivity contribution in [3.05, 3.63) is 47.8 Å². The van der Waals surface area contributed by atoms with E-state index in [2.05, 4.69) is 4.98 Å². The fourth-order valence-electron chi connectivity index (χ4n) is 2.18. The lowest BCUT2D eigenvalue weighted by Crippen LogP contribution is -1.97. The quantitative estimate of drug-likeness (QED) is 0.825. The van der Waals surface area contributed by atoms with Crippen LogP contribution in [0.25, 0.3) is 17.2 Å². The first kappa shape index (κ1) is 16.5. The number of methoxy groups -OCH3 is 1. The van der Waals surface area contributed by atoms with Gasteiger partial charge < -0.3 is 14.6 Å². The zero-order chi connectivity index (χ0) is 16.8. The van der Waals surface area contributed by atoms with Gasteiger partial charge in [0, 0.05) is 23.5 Å². The number of pyridine rings is 1. The van der Waals surface area contributed by atoms with Gasteiger partial charge in [-0.2, -0.15) is 0 Å². The minimum absolute atomic E-state index is 0.260. The monoisotopic (exact) mass is 313 g/mol. The lowest BCUT2D eigenvalue weighted by Gasteiger charge is -2.12. The summed E-state index contributed by atoms with van der Waals surface area (Å²) in [6.45, 7) is 3.99. The molecule has 0 spiro atoms. The van der Waals surface area contributed by atoms with Gasteiger partial charge in [-0.1, -0.05) is 6.07 Å². The molecule has 120 valence electrons. The van der Waals surface area contributed by atoms with E-state index in [1.165, 1.54) is 0 Å². The third-order valence-corrected chi connectivity index (χ3v) is 3.34. The molecular formula is C18H19NO4. The number of hydrogen-bond donors (Lipinski definition) is 1. The van der Waals surface area contributed by atoms with Gasteiger partial charge in [-0.15, -0.1) is 0 Å². The van der Waals surface area contributed by atoms with Crippen molar-refractivity contribution in [3.8, 4) is 22.6 Å². The lowest BCUT2D eigenvalue weighted by atomic mass is 10.00. The van der Waals surface area contributed by atoms with Crippen LogP contribution in [-0.2, 0) is 4.79 Å². The molecule has 0 atom stereocenters. The van der Waals surface area contributed by atoms with Crippen molar-refractivity contribution in [2.24, 2.45) is 0 Å². The van der Waals surface area contributed by atoms with Crippen LogP contribution in [-0.4, -0.2) is 29.8 Å². The van der Waals surface area contributed by atoms with Gasteiger partial charge in [0.05, 0.1) is 13.7 Å². The molecule has 1 N–H and O–H groups in total. The number of hydrogen-bond acceptors (Lipinski definition) is 4. The predicted octanol–water partition coefficient (Wildman–Crippen LogP) is 3.64. The topological polar surface area (TPSA) is 68.7 Å². The van der Waals surface area contributed by atoms with E-state index < -0.39 is 5.97 Å². The Bertz CT molecular complexity index is 738. The van der Waals surface area contributed by atoms with Gasteiger partial charge in [0.2, 0.25) is 0 Å². The fraction of sp³-hybridized carbons (Fsp3) is 0.222. The molecule has 5 heteroatoms. The number of carboxylic acid groups (broad SMARTS) is 1. The molecule has 0 saturated heterocycles. The summed E-state index contributed by atoms with van der Waals surface area (Å²) in [6.07, 6.45) is 4.97. The highest BCUT2D eigenvalue weighted by atomic mass is 16.5. The van der Waals surface area contributed by atoms with E-state index >= 15 is 0 Å². The normalized spacial score (nSPS) is 11.2. The molecule has 0 unspecified atom stereocenters. The van der Waals surface area contributed by atoms with Crippen molar-refractivity contribution in [1.29, 1.82) is 0 Å². The van der Waals surface area contributed by atoms with Gasteiger partial charge in [0.1, 0.15) is 0 Å². The third-order valence-electron chi connectivity index (χ3n) is 3.34. The standard InChI is InChI=1S/C18H19NO4/c1-4-23-17-10-13(5-6-16(17)22-3)15-11-19-8-7-14(15)9-12(2)18(20)21/h5-11H,4H2,1-3H3,(H,20,21). The molecule has 1 aromatic carbocycles. The Morgan fingerprint density at radius 3 is 2.74 bits per heavy atom. The van der Waals surface area contributed by atoms with Crippen LogP contribution in [0.15, 0.2) is 42.2 Å². The minimum atomic E-state index is -0.947. The Kier molecular flexibility index (Phi) is 5.36. The highest BCUT2D eigenvalue weighted by molar-refractivity contribution is 5.93. The Labute approximate surface area is 135 Å². The molecule has 2 aromatic rings. The van der Waals surface area contributed by atoms with E-state index in [0.29, 0.717) is 18.1 Å². The Morgan fingerprint density at radius 1 is 1.30 bits per heavy atom. The van der Waals surface area contributed by atoms with Gasteiger partial charge in [0.15, 0.2) is 11.5 Å². The average molecular weight is 313 g/mol. The number of aromatic nitrogens is 1. The van der Waals surface area contributed by atoms with E-state index in [-0.39, 0.29) is 5.57 Å². The van der Waals surface area contributed by atoms with E-state index in [1.807, 2.05) is 25.1 Å². The molecule has 2 rings (SSSR count). The lowest BCUT2D eigenvalue weighted by molar-refractivity contribution is -0.132. The summed E-state index contributed by atoms with van der Waals surface area (Å²) in [5.41, 5.74) is 2.76. The molecule has 0 amide bonds. The van der Waals surface area contributed by atoms with Crippen molar-refractivity contribution in [3.63, 3.8) is 0 Å². The molecule has 1 heterocycles. The van der Waals surface area contributed by atoms with E-state index in [0.717, 1.165) is 16.7 Å². The molecule has 0 bridgehead atoms. The van der Waals surface area contributed by atoms with Crippen LogP contribution in [0.5, 0.6) is 11.5 Å². The highest BCUT2D eigenvalue weighted by Gasteiger charge is 2.10. The molecular weight excluding hydrogens is 294 g/mol. The van der Waals surface area contributed by atoms with Gasteiger partial charge >= 0.3 is 5.97 Å². The molecule has 0 aliphatic heterocycles. The van der Waals surface area contributed by atoms with E-state index in [4.69, 9.17) is 14.6 Å². The molecule has 23 heavy (non-hydrogen) atoms. The van der Waals surface area contributed by atoms with Crippen LogP contribution < -0.4 is 9.47 Å². The zero-order valence-electron chi connectivity index (χ0n) is 13.4. The van der Waals surface area contributed by atoms with Crippen LogP contribution in [0.3, 0.4) is 0 Å². The van der Waals surface area contributed by atoms with Gasteiger partial charge in [-0.25, -0.2) is 4.79 Å². The van der Waals surface area contributed by atoms with Crippen LogP contribution in [0.4, 0.5) is 0 Å². The maximum absolute atomic E-state index is 11.1. The number of nitrogens with zero attached hydrogens (tertiary/aromatic N) is 1. The van der Waals surface area contributed by atoms with Crippen molar-refractivity contribution in [2.75, 3.05) is 13.7 Å². The Morgan fingerprint density at radius 2 is 2.09 bits per heavy atom. The minimum Gasteiger partial charge on any atom is -0.493 e. The number of rotatable bonds is 6. The number of aliphatic carboxylic acids is 1. The number of ether oxygens (including phenoxy) is 2. The second-order valence-electron chi connectivity index (χ2n) is 4.89. The Hall–Kier alpha value is -2.82. The average Bonchev–Trinajstić information content (AvgIpc) is 2.55. The number of carboxylic acids is 1. The molecule has 0 aliphatic carbocycles. The van der Waals surface area contributed by atoms with Crippen molar-refractivity contribution >= 4 is 12.0 Å². The highest BCUT2D eigenvalue weighted by Crippen LogP contribution is 2.34. The van der Waals surface area contributed by atoms with Crippen molar-refractivity contribution < 1.29 is 19.4 Å².